The molecule has 0 spiro atoms. The van der Waals surface area contributed by atoms with Gasteiger partial charge in [0.2, 0.25) is 10.0 Å². The van der Waals surface area contributed by atoms with Crippen molar-refractivity contribution in [2.45, 2.75) is 4.90 Å². The molecule has 8 heteroatoms. The van der Waals surface area contributed by atoms with E-state index in [0.717, 1.165) is 0 Å². The summed E-state index contributed by atoms with van der Waals surface area (Å²) in [6.45, 7) is 3.05. The Morgan fingerprint density at radius 2 is 1.82 bits per heavy atom. The first-order chi connectivity index (χ1) is 10.5. The third-order valence-electron chi connectivity index (χ3n) is 3.38. The highest BCUT2D eigenvalue weighted by atomic mass is 32.2. The van der Waals surface area contributed by atoms with Gasteiger partial charge in [0.05, 0.1) is 18.1 Å². The summed E-state index contributed by atoms with van der Waals surface area (Å²) in [6, 6.07) is 6.00. The van der Waals surface area contributed by atoms with Crippen molar-refractivity contribution >= 4 is 15.9 Å². The lowest BCUT2D eigenvalue weighted by Crippen LogP contribution is -2.40. The minimum absolute atomic E-state index is 0.101. The number of carbonyl (C=O) groups is 1. The summed E-state index contributed by atoms with van der Waals surface area (Å²) in [7, 11) is -1.78. The summed E-state index contributed by atoms with van der Waals surface area (Å²) >= 11 is 0. The van der Waals surface area contributed by atoms with Crippen molar-refractivity contribution in [3.05, 3.63) is 29.8 Å². The Morgan fingerprint density at radius 3 is 2.41 bits per heavy atom. The van der Waals surface area contributed by atoms with E-state index >= 15 is 0 Å². The van der Waals surface area contributed by atoms with Crippen LogP contribution in [0, 0.1) is 0 Å². The third kappa shape index (κ3) is 4.26. The van der Waals surface area contributed by atoms with E-state index in [2.05, 4.69) is 10.0 Å². The standard InChI is InChI=1S/C14H21N3O4S/c1-15-6-7-16-22(19,20)13-4-2-12(3-5-13)14(18)17-8-10-21-11-9-17/h2-5,15-16H,6-11H2,1H3. The van der Waals surface area contributed by atoms with Crippen LogP contribution in [0.3, 0.4) is 0 Å². The molecule has 1 aliphatic rings. The van der Waals surface area contributed by atoms with E-state index in [0.29, 0.717) is 45.0 Å². The summed E-state index contributed by atoms with van der Waals surface area (Å²) in [5.41, 5.74) is 0.482. The second-order valence-corrected chi connectivity index (χ2v) is 6.70. The van der Waals surface area contributed by atoms with Crippen molar-refractivity contribution in [2.75, 3.05) is 46.4 Å². The molecule has 1 aromatic carbocycles. The number of benzene rings is 1. The maximum absolute atomic E-state index is 12.3. The van der Waals surface area contributed by atoms with Gasteiger partial charge in [-0.05, 0) is 31.3 Å². The monoisotopic (exact) mass is 327 g/mol. The maximum Gasteiger partial charge on any atom is 0.254 e. The average molecular weight is 327 g/mol. The van der Waals surface area contributed by atoms with Gasteiger partial charge in [0.1, 0.15) is 0 Å². The number of carbonyl (C=O) groups excluding carboxylic acids is 1. The number of nitrogens with zero attached hydrogens (tertiary/aromatic N) is 1. The summed E-state index contributed by atoms with van der Waals surface area (Å²) < 4.78 is 31.8. The van der Waals surface area contributed by atoms with Crippen LogP contribution >= 0.6 is 0 Å². The number of hydrogen-bond donors (Lipinski definition) is 2. The molecule has 2 N–H and O–H groups in total. The average Bonchev–Trinajstić information content (AvgIpc) is 2.55. The molecule has 0 saturated carbocycles. The molecule has 1 aromatic rings. The second-order valence-electron chi connectivity index (χ2n) is 4.93. The number of ether oxygens (including phenoxy) is 1. The lowest BCUT2D eigenvalue weighted by atomic mass is 10.2. The van der Waals surface area contributed by atoms with Gasteiger partial charge in [0.15, 0.2) is 0 Å². The van der Waals surface area contributed by atoms with E-state index in [1.807, 2.05) is 0 Å². The normalized spacial score (nSPS) is 15.8. The Bertz CT molecular complexity index is 595. The van der Waals surface area contributed by atoms with E-state index in [1.165, 1.54) is 12.1 Å². The van der Waals surface area contributed by atoms with Gasteiger partial charge in [-0.3, -0.25) is 4.79 Å². The molecular formula is C14H21N3O4S. The zero-order valence-electron chi connectivity index (χ0n) is 12.5. The second kappa shape index (κ2) is 7.68. The van der Waals surface area contributed by atoms with E-state index in [-0.39, 0.29) is 10.8 Å². The fraction of sp³-hybridized carbons (Fsp3) is 0.500. The van der Waals surface area contributed by atoms with Crippen LogP contribution in [0.15, 0.2) is 29.2 Å². The van der Waals surface area contributed by atoms with Crippen LogP contribution in [-0.2, 0) is 14.8 Å². The van der Waals surface area contributed by atoms with Crippen molar-refractivity contribution in [1.82, 2.24) is 14.9 Å². The molecule has 0 radical (unpaired) electrons. The Balaban J connectivity index is 2.04. The van der Waals surface area contributed by atoms with Crippen LogP contribution in [0.2, 0.25) is 0 Å². The van der Waals surface area contributed by atoms with Gasteiger partial charge in [-0.25, -0.2) is 13.1 Å². The molecule has 1 amide bonds. The fourth-order valence-electron chi connectivity index (χ4n) is 2.12. The fourth-order valence-corrected chi connectivity index (χ4v) is 3.15. The first-order valence-electron chi connectivity index (χ1n) is 7.16. The van der Waals surface area contributed by atoms with Crippen molar-refractivity contribution < 1.29 is 17.9 Å². The number of hydrogen-bond acceptors (Lipinski definition) is 5. The van der Waals surface area contributed by atoms with Crippen molar-refractivity contribution in [3.8, 4) is 0 Å². The van der Waals surface area contributed by atoms with Gasteiger partial charge < -0.3 is 15.0 Å². The third-order valence-corrected chi connectivity index (χ3v) is 4.85. The lowest BCUT2D eigenvalue weighted by Gasteiger charge is -2.26. The first kappa shape index (κ1) is 16.9. The molecule has 122 valence electrons. The molecule has 7 nitrogen and oxygen atoms in total. The summed E-state index contributed by atoms with van der Waals surface area (Å²) in [6.07, 6.45) is 0. The molecule has 0 aromatic heterocycles. The largest absolute Gasteiger partial charge is 0.378 e. The highest BCUT2D eigenvalue weighted by Gasteiger charge is 2.19. The number of nitrogens with one attached hydrogen (secondary N) is 2. The summed E-state index contributed by atoms with van der Waals surface area (Å²) in [5.74, 6) is -0.101. The first-order valence-corrected chi connectivity index (χ1v) is 8.64. The molecule has 2 rings (SSSR count). The molecular weight excluding hydrogens is 306 g/mol. The van der Waals surface area contributed by atoms with Crippen LogP contribution in [0.25, 0.3) is 0 Å². The predicted molar refractivity (Wildman–Crippen MR) is 82.3 cm³/mol. The van der Waals surface area contributed by atoms with Crippen molar-refractivity contribution in [2.24, 2.45) is 0 Å². The molecule has 0 unspecified atom stereocenters. The Labute approximate surface area is 130 Å². The van der Waals surface area contributed by atoms with Crippen LogP contribution in [0.4, 0.5) is 0 Å². The molecule has 0 atom stereocenters. The van der Waals surface area contributed by atoms with Crippen molar-refractivity contribution in [3.63, 3.8) is 0 Å². The molecule has 0 bridgehead atoms. The minimum Gasteiger partial charge on any atom is -0.378 e. The SMILES string of the molecule is CNCCNS(=O)(=O)c1ccc(C(=O)N2CCOCC2)cc1. The number of likely N-dealkylation sites (N-methyl/N-ethyl adjacent to an activating group) is 1. The molecule has 1 heterocycles. The Hall–Kier alpha value is -1.48. The summed E-state index contributed by atoms with van der Waals surface area (Å²) in [5, 5.41) is 2.86. The van der Waals surface area contributed by atoms with Gasteiger partial charge in [-0.15, -0.1) is 0 Å². The Morgan fingerprint density at radius 1 is 1.18 bits per heavy atom. The molecule has 0 aliphatic carbocycles. The zero-order chi connectivity index (χ0) is 16.0. The van der Waals surface area contributed by atoms with Gasteiger partial charge in [0.25, 0.3) is 5.91 Å². The maximum atomic E-state index is 12.3. The highest BCUT2D eigenvalue weighted by Crippen LogP contribution is 2.13. The smallest absolute Gasteiger partial charge is 0.254 e. The van der Waals surface area contributed by atoms with Crippen LogP contribution < -0.4 is 10.0 Å². The number of morpholine rings is 1. The van der Waals surface area contributed by atoms with Crippen LogP contribution in [0.1, 0.15) is 10.4 Å². The van der Waals surface area contributed by atoms with Gasteiger partial charge >= 0.3 is 0 Å². The lowest BCUT2D eigenvalue weighted by molar-refractivity contribution is 0.0303. The highest BCUT2D eigenvalue weighted by molar-refractivity contribution is 7.89. The van der Waals surface area contributed by atoms with E-state index in [1.54, 1.807) is 24.1 Å². The van der Waals surface area contributed by atoms with E-state index in [4.69, 9.17) is 4.74 Å². The van der Waals surface area contributed by atoms with Gasteiger partial charge in [0, 0.05) is 31.7 Å². The topological polar surface area (TPSA) is 87.7 Å². The zero-order valence-corrected chi connectivity index (χ0v) is 13.4. The molecule has 22 heavy (non-hydrogen) atoms. The van der Waals surface area contributed by atoms with Gasteiger partial charge in [-0.2, -0.15) is 0 Å². The van der Waals surface area contributed by atoms with E-state index in [9.17, 15) is 13.2 Å². The Kier molecular flexibility index (Phi) is 5.90. The minimum atomic E-state index is -3.53. The number of amides is 1. The molecule has 1 fully saturated rings. The van der Waals surface area contributed by atoms with Gasteiger partial charge in [-0.1, -0.05) is 0 Å². The molecule has 1 saturated heterocycles. The van der Waals surface area contributed by atoms with Crippen LogP contribution in [-0.4, -0.2) is 65.7 Å². The number of sulfonamides is 1. The molecule has 1 aliphatic heterocycles. The quantitative estimate of drug-likeness (QED) is 0.698. The van der Waals surface area contributed by atoms with E-state index < -0.39 is 10.0 Å². The van der Waals surface area contributed by atoms with Crippen LogP contribution in [0.5, 0.6) is 0 Å². The summed E-state index contributed by atoms with van der Waals surface area (Å²) in [4.78, 5) is 14.1. The number of rotatable bonds is 6. The van der Waals surface area contributed by atoms with Crippen molar-refractivity contribution in [1.29, 1.82) is 0 Å². The predicted octanol–water partition coefficient (Wildman–Crippen LogP) is -0.343.